The van der Waals surface area contributed by atoms with Crippen LogP contribution in [-0.4, -0.2) is 15.9 Å². The largest absolute Gasteiger partial charge is 0.332 e. The highest BCUT2D eigenvalue weighted by Crippen LogP contribution is 2.19. The fourth-order valence-corrected chi connectivity index (χ4v) is 2.76. The minimum absolute atomic E-state index is 0.0199. The van der Waals surface area contributed by atoms with Crippen LogP contribution >= 0.6 is 12.2 Å². The summed E-state index contributed by atoms with van der Waals surface area (Å²) in [7, 11) is 0. The number of hydrogen-bond acceptors (Lipinski definition) is 4. The molecule has 7 heteroatoms. The van der Waals surface area contributed by atoms with Gasteiger partial charge in [0.15, 0.2) is 5.11 Å². The zero-order valence-corrected chi connectivity index (χ0v) is 14.9. The van der Waals surface area contributed by atoms with Crippen LogP contribution in [0.15, 0.2) is 72.8 Å². The van der Waals surface area contributed by atoms with Crippen LogP contribution in [0.1, 0.15) is 5.56 Å². The molecule has 0 radical (unpaired) electrons. The van der Waals surface area contributed by atoms with Crippen LogP contribution in [0, 0.1) is 10.1 Å². The average Bonchev–Trinajstić information content (AvgIpc) is 2.66. The van der Waals surface area contributed by atoms with Gasteiger partial charge in [-0.25, -0.2) is 0 Å². The van der Waals surface area contributed by atoms with E-state index >= 15 is 0 Å². The molecule has 0 fully saturated rings. The molecule has 6 nitrogen and oxygen atoms in total. The van der Waals surface area contributed by atoms with Crippen LogP contribution in [0.2, 0.25) is 0 Å². The number of rotatable bonds is 4. The van der Waals surface area contributed by atoms with Crippen LogP contribution in [0.5, 0.6) is 0 Å². The Bertz CT molecular complexity index is 1040. The Morgan fingerprint density at radius 1 is 1.00 bits per heavy atom. The molecule has 0 saturated heterocycles. The van der Waals surface area contributed by atoms with Crippen molar-refractivity contribution in [1.82, 2.24) is 5.32 Å². The number of hydrogen-bond donors (Lipinski definition) is 2. The maximum Gasteiger partial charge on any atom is 0.269 e. The molecule has 1 amide bonds. The predicted octanol–water partition coefficient (Wildman–Crippen LogP) is 4.27. The van der Waals surface area contributed by atoms with E-state index in [1.54, 1.807) is 6.08 Å². The number of thiocarbonyl (C=S) groups is 1. The molecular weight excluding hydrogens is 362 g/mol. The molecule has 3 aromatic rings. The van der Waals surface area contributed by atoms with E-state index in [4.69, 9.17) is 12.2 Å². The Morgan fingerprint density at radius 2 is 1.70 bits per heavy atom. The maximum absolute atomic E-state index is 12.1. The summed E-state index contributed by atoms with van der Waals surface area (Å²) in [5, 5.41) is 18.3. The minimum atomic E-state index is -0.484. The average molecular weight is 377 g/mol. The maximum atomic E-state index is 12.1. The third-order valence-electron chi connectivity index (χ3n) is 3.81. The Kier molecular flexibility index (Phi) is 5.53. The third-order valence-corrected chi connectivity index (χ3v) is 4.01. The standard InChI is InChI=1S/C20H15N3O3S/c24-19(13-8-15-6-3-5-14-4-1-2-7-18(14)15)22-20(27)21-16-9-11-17(12-10-16)23(25)26/h1-13H,(H2,21,22,24,27)/b13-8+. The van der Waals surface area contributed by atoms with Gasteiger partial charge in [0, 0.05) is 23.9 Å². The summed E-state index contributed by atoms with van der Waals surface area (Å²) in [5.74, 6) is -0.373. The molecule has 0 aliphatic rings. The second-order valence-electron chi connectivity index (χ2n) is 5.65. The second kappa shape index (κ2) is 8.20. The fraction of sp³-hybridized carbons (Fsp3) is 0. The highest BCUT2D eigenvalue weighted by molar-refractivity contribution is 7.80. The monoisotopic (exact) mass is 377 g/mol. The van der Waals surface area contributed by atoms with Crippen LogP contribution in [0.4, 0.5) is 11.4 Å². The number of fused-ring (bicyclic) bond motifs is 1. The molecule has 0 saturated carbocycles. The number of carbonyl (C=O) groups is 1. The van der Waals surface area contributed by atoms with E-state index in [0.29, 0.717) is 5.69 Å². The van der Waals surface area contributed by atoms with Gasteiger partial charge in [-0.15, -0.1) is 0 Å². The molecule has 0 bridgehead atoms. The van der Waals surface area contributed by atoms with E-state index in [9.17, 15) is 14.9 Å². The van der Waals surface area contributed by atoms with Crippen molar-refractivity contribution in [2.75, 3.05) is 5.32 Å². The van der Waals surface area contributed by atoms with Gasteiger partial charge in [-0.05, 0) is 46.8 Å². The first kappa shape index (κ1) is 18.2. The van der Waals surface area contributed by atoms with Crippen LogP contribution < -0.4 is 10.6 Å². The van der Waals surface area contributed by atoms with Crippen molar-refractivity contribution in [2.45, 2.75) is 0 Å². The molecule has 0 atom stereocenters. The summed E-state index contributed by atoms with van der Waals surface area (Å²) in [5.41, 5.74) is 1.45. The van der Waals surface area contributed by atoms with Crippen molar-refractivity contribution in [3.63, 3.8) is 0 Å². The van der Waals surface area contributed by atoms with Gasteiger partial charge >= 0.3 is 0 Å². The van der Waals surface area contributed by atoms with Crippen molar-refractivity contribution in [2.24, 2.45) is 0 Å². The molecule has 27 heavy (non-hydrogen) atoms. The van der Waals surface area contributed by atoms with Gasteiger partial charge in [-0.2, -0.15) is 0 Å². The van der Waals surface area contributed by atoms with Crippen molar-refractivity contribution < 1.29 is 9.72 Å². The molecule has 2 N–H and O–H groups in total. The number of nitro groups is 1. The highest BCUT2D eigenvalue weighted by atomic mass is 32.1. The van der Waals surface area contributed by atoms with Gasteiger partial charge in [0.1, 0.15) is 0 Å². The Labute approximate surface area is 160 Å². The lowest BCUT2D eigenvalue weighted by Gasteiger charge is -2.08. The number of non-ortho nitro benzene ring substituents is 1. The van der Waals surface area contributed by atoms with E-state index in [2.05, 4.69) is 10.6 Å². The van der Waals surface area contributed by atoms with Gasteiger partial charge in [0.05, 0.1) is 4.92 Å². The van der Waals surface area contributed by atoms with Crippen LogP contribution in [0.3, 0.4) is 0 Å². The molecule has 3 aromatic carbocycles. The van der Waals surface area contributed by atoms with Gasteiger partial charge in [0.25, 0.3) is 5.69 Å². The Hall–Kier alpha value is -3.58. The molecule has 134 valence electrons. The molecule has 0 spiro atoms. The summed E-state index contributed by atoms with van der Waals surface area (Å²) in [6, 6.07) is 19.5. The second-order valence-corrected chi connectivity index (χ2v) is 6.06. The highest BCUT2D eigenvalue weighted by Gasteiger charge is 2.06. The quantitative estimate of drug-likeness (QED) is 0.307. The van der Waals surface area contributed by atoms with E-state index in [1.165, 1.54) is 30.3 Å². The molecule has 0 unspecified atom stereocenters. The summed E-state index contributed by atoms with van der Waals surface area (Å²) >= 11 is 5.09. The van der Waals surface area contributed by atoms with Crippen molar-refractivity contribution in [3.05, 3.63) is 88.5 Å². The topological polar surface area (TPSA) is 84.3 Å². The number of amides is 1. The van der Waals surface area contributed by atoms with Gasteiger partial charge in [-0.3, -0.25) is 20.2 Å². The predicted molar refractivity (Wildman–Crippen MR) is 110 cm³/mol. The summed E-state index contributed by atoms with van der Waals surface area (Å²) in [6.07, 6.45) is 3.14. The number of carbonyl (C=O) groups excluding carboxylic acids is 1. The van der Waals surface area contributed by atoms with Crippen LogP contribution in [0.25, 0.3) is 16.8 Å². The lowest BCUT2D eigenvalue weighted by atomic mass is 10.0. The Morgan fingerprint density at radius 3 is 2.44 bits per heavy atom. The molecular formula is C20H15N3O3S. The summed E-state index contributed by atoms with van der Waals surface area (Å²) < 4.78 is 0. The number of anilines is 1. The molecule has 3 rings (SSSR count). The number of nitro benzene ring substituents is 1. The number of benzene rings is 3. The minimum Gasteiger partial charge on any atom is -0.332 e. The molecule has 0 aliphatic carbocycles. The van der Waals surface area contributed by atoms with E-state index < -0.39 is 4.92 Å². The smallest absolute Gasteiger partial charge is 0.269 e. The first-order chi connectivity index (χ1) is 13.0. The number of nitrogens with one attached hydrogen (secondary N) is 2. The van der Waals surface area contributed by atoms with Gasteiger partial charge in [0.2, 0.25) is 5.91 Å². The lowest BCUT2D eigenvalue weighted by Crippen LogP contribution is -2.32. The normalized spacial score (nSPS) is 10.7. The molecule has 0 aromatic heterocycles. The molecule has 0 heterocycles. The van der Waals surface area contributed by atoms with Crippen molar-refractivity contribution in [3.8, 4) is 0 Å². The van der Waals surface area contributed by atoms with Crippen LogP contribution in [-0.2, 0) is 4.79 Å². The van der Waals surface area contributed by atoms with E-state index in [-0.39, 0.29) is 16.7 Å². The summed E-state index contributed by atoms with van der Waals surface area (Å²) in [4.78, 5) is 22.2. The first-order valence-electron chi connectivity index (χ1n) is 8.05. The first-order valence-corrected chi connectivity index (χ1v) is 8.46. The van der Waals surface area contributed by atoms with Crippen molar-refractivity contribution in [1.29, 1.82) is 0 Å². The lowest BCUT2D eigenvalue weighted by molar-refractivity contribution is -0.384. The number of nitrogens with zero attached hydrogens (tertiary/aromatic N) is 1. The van der Waals surface area contributed by atoms with E-state index in [0.717, 1.165) is 16.3 Å². The third kappa shape index (κ3) is 4.74. The summed E-state index contributed by atoms with van der Waals surface area (Å²) in [6.45, 7) is 0. The Balaban J connectivity index is 1.62. The zero-order chi connectivity index (χ0) is 19.2. The van der Waals surface area contributed by atoms with Gasteiger partial charge < -0.3 is 5.32 Å². The van der Waals surface area contributed by atoms with Gasteiger partial charge in [-0.1, -0.05) is 42.5 Å². The molecule has 0 aliphatic heterocycles. The van der Waals surface area contributed by atoms with Crippen molar-refractivity contribution >= 4 is 51.5 Å². The zero-order valence-electron chi connectivity index (χ0n) is 14.1. The SMILES string of the molecule is O=C(/C=C/c1cccc2ccccc12)NC(=S)Nc1ccc([N+](=O)[O-])cc1. The fourth-order valence-electron chi connectivity index (χ4n) is 2.54. The van der Waals surface area contributed by atoms with E-state index in [1.807, 2.05) is 42.5 Å².